The first-order valence-electron chi connectivity index (χ1n) is 9.98. The van der Waals surface area contributed by atoms with Crippen molar-refractivity contribution in [3.8, 4) is 0 Å². The summed E-state index contributed by atoms with van der Waals surface area (Å²) in [6.07, 6.45) is 4.23. The van der Waals surface area contributed by atoms with Crippen LogP contribution in [0.2, 0.25) is 18.1 Å². The Hall–Kier alpha value is -0.0831. The van der Waals surface area contributed by atoms with Crippen molar-refractivity contribution in [2.75, 3.05) is 6.61 Å². The molecule has 2 atom stereocenters. The maximum absolute atomic E-state index is 12.6. The highest BCUT2D eigenvalue weighted by Gasteiger charge is 2.36. The quantitative estimate of drug-likeness (QED) is 0.357. The van der Waals surface area contributed by atoms with E-state index in [9.17, 15) is 4.21 Å². The SMILES string of the molecule is Cc1nc(C(CCCCCO[Si](C)(C)C(C)(C)C)NS(=O)C(C)(C)C)cs1. The molecule has 0 aliphatic rings. The largest absolute Gasteiger partial charge is 0.417 e. The Morgan fingerprint density at radius 3 is 2.30 bits per heavy atom. The van der Waals surface area contributed by atoms with E-state index >= 15 is 0 Å². The minimum absolute atomic E-state index is 0.0521. The first-order chi connectivity index (χ1) is 12.2. The second-order valence-electron chi connectivity index (χ2n) is 9.80. The van der Waals surface area contributed by atoms with E-state index in [1.165, 1.54) is 0 Å². The fraction of sp³-hybridized carbons (Fsp3) is 0.850. The van der Waals surface area contributed by atoms with Crippen LogP contribution in [-0.4, -0.2) is 28.9 Å². The number of thiazole rings is 1. The van der Waals surface area contributed by atoms with Gasteiger partial charge in [0.25, 0.3) is 0 Å². The van der Waals surface area contributed by atoms with Gasteiger partial charge in [0.15, 0.2) is 8.32 Å². The predicted molar refractivity (Wildman–Crippen MR) is 122 cm³/mol. The Morgan fingerprint density at radius 1 is 1.19 bits per heavy atom. The third-order valence-corrected chi connectivity index (χ3v) is 12.1. The summed E-state index contributed by atoms with van der Waals surface area (Å²) in [4.78, 5) is 4.62. The number of hydrogen-bond acceptors (Lipinski definition) is 4. The van der Waals surface area contributed by atoms with E-state index in [2.05, 4.69) is 49.0 Å². The van der Waals surface area contributed by atoms with Crippen molar-refractivity contribution in [1.82, 2.24) is 9.71 Å². The van der Waals surface area contributed by atoms with Gasteiger partial charge < -0.3 is 4.43 Å². The average Bonchev–Trinajstić information content (AvgIpc) is 2.93. The second-order valence-corrected chi connectivity index (χ2v) is 17.7. The van der Waals surface area contributed by atoms with Crippen molar-refractivity contribution in [3.05, 3.63) is 16.1 Å². The third-order valence-electron chi connectivity index (χ3n) is 5.21. The van der Waals surface area contributed by atoms with Crippen LogP contribution in [-0.2, 0) is 15.4 Å². The zero-order valence-electron chi connectivity index (χ0n) is 18.8. The monoisotopic (exact) mass is 432 g/mol. The summed E-state index contributed by atoms with van der Waals surface area (Å²) < 4.78 is 21.9. The third kappa shape index (κ3) is 8.44. The van der Waals surface area contributed by atoms with Crippen LogP contribution in [0.3, 0.4) is 0 Å². The number of hydrogen-bond donors (Lipinski definition) is 1. The molecule has 1 rings (SSSR count). The molecule has 0 saturated heterocycles. The summed E-state index contributed by atoms with van der Waals surface area (Å²) in [5.74, 6) is 0. The van der Waals surface area contributed by atoms with Gasteiger partial charge in [0.1, 0.15) is 0 Å². The number of unbranched alkanes of at least 4 members (excludes halogenated alkanes) is 2. The fourth-order valence-corrected chi connectivity index (χ4v) is 4.89. The Labute approximate surface area is 174 Å². The van der Waals surface area contributed by atoms with Crippen LogP contribution in [0.5, 0.6) is 0 Å². The van der Waals surface area contributed by atoms with Gasteiger partial charge in [0, 0.05) is 12.0 Å². The van der Waals surface area contributed by atoms with Crippen molar-refractivity contribution < 1.29 is 8.63 Å². The maximum Gasteiger partial charge on any atom is 0.191 e. The molecule has 0 fully saturated rings. The molecule has 7 heteroatoms. The molecule has 0 spiro atoms. The minimum Gasteiger partial charge on any atom is -0.417 e. The fourth-order valence-electron chi connectivity index (χ4n) is 2.28. The molecule has 27 heavy (non-hydrogen) atoms. The summed E-state index contributed by atoms with van der Waals surface area (Å²) in [6, 6.07) is 0.0521. The normalized spacial score (nSPS) is 15.7. The Morgan fingerprint density at radius 2 is 1.81 bits per heavy atom. The van der Waals surface area contributed by atoms with Gasteiger partial charge in [-0.2, -0.15) is 0 Å². The Bertz CT molecular complexity index is 604. The van der Waals surface area contributed by atoms with Gasteiger partial charge >= 0.3 is 0 Å². The first-order valence-corrected chi connectivity index (χ1v) is 14.9. The summed E-state index contributed by atoms with van der Waals surface area (Å²) in [7, 11) is -2.73. The van der Waals surface area contributed by atoms with E-state index in [4.69, 9.17) is 4.43 Å². The molecule has 0 bridgehead atoms. The molecular weight excluding hydrogens is 392 g/mol. The number of aryl methyl sites for hydroxylation is 1. The number of aromatic nitrogens is 1. The molecule has 0 amide bonds. The van der Waals surface area contributed by atoms with E-state index in [1.807, 2.05) is 27.7 Å². The van der Waals surface area contributed by atoms with Crippen molar-refractivity contribution in [3.63, 3.8) is 0 Å². The van der Waals surface area contributed by atoms with Crippen LogP contribution in [0, 0.1) is 6.92 Å². The number of nitrogens with zero attached hydrogens (tertiary/aromatic N) is 1. The second kappa shape index (κ2) is 10.1. The Balaban J connectivity index is 2.50. The van der Waals surface area contributed by atoms with E-state index in [0.717, 1.165) is 43.0 Å². The lowest BCUT2D eigenvalue weighted by Gasteiger charge is -2.36. The van der Waals surface area contributed by atoms with Crippen molar-refractivity contribution in [2.24, 2.45) is 0 Å². The van der Waals surface area contributed by atoms with Crippen LogP contribution >= 0.6 is 11.3 Å². The standard InChI is InChI=1S/C20H40N2O2S2Si/c1-16-21-18(15-25-16)17(22-26(23)19(2,3)4)13-11-10-12-14-24-27(8,9)20(5,6)7/h15,17,22H,10-14H2,1-9H3. The molecule has 0 radical (unpaired) electrons. The highest BCUT2D eigenvalue weighted by atomic mass is 32.2. The van der Waals surface area contributed by atoms with Crippen molar-refractivity contribution in [2.45, 2.75) is 103 Å². The van der Waals surface area contributed by atoms with Gasteiger partial charge in [-0.15, -0.1) is 11.3 Å². The van der Waals surface area contributed by atoms with Gasteiger partial charge in [0.2, 0.25) is 0 Å². The molecule has 0 aliphatic heterocycles. The van der Waals surface area contributed by atoms with Gasteiger partial charge in [-0.25, -0.2) is 13.9 Å². The lowest BCUT2D eigenvalue weighted by atomic mass is 10.1. The molecule has 1 heterocycles. The van der Waals surface area contributed by atoms with E-state index in [-0.39, 0.29) is 15.8 Å². The first kappa shape index (κ1) is 25.0. The van der Waals surface area contributed by atoms with Crippen LogP contribution < -0.4 is 4.72 Å². The van der Waals surface area contributed by atoms with Crippen molar-refractivity contribution in [1.29, 1.82) is 0 Å². The molecule has 0 saturated carbocycles. The molecule has 4 nitrogen and oxygen atoms in total. The molecular formula is C20H40N2O2S2Si. The molecule has 1 aromatic rings. The number of rotatable bonds is 10. The van der Waals surface area contributed by atoms with Crippen LogP contribution in [0.1, 0.15) is 84.0 Å². The summed E-state index contributed by atoms with van der Waals surface area (Å²) >= 11 is 1.65. The van der Waals surface area contributed by atoms with Crippen LogP contribution in [0.25, 0.3) is 0 Å². The highest BCUT2D eigenvalue weighted by molar-refractivity contribution is 7.84. The summed E-state index contributed by atoms with van der Waals surface area (Å²) in [6.45, 7) is 20.3. The molecule has 158 valence electrons. The number of nitrogens with one attached hydrogen (secondary N) is 1. The molecule has 1 N–H and O–H groups in total. The molecule has 0 aliphatic carbocycles. The maximum atomic E-state index is 12.6. The molecule has 2 unspecified atom stereocenters. The summed E-state index contributed by atoms with van der Waals surface area (Å²) in [5.41, 5.74) is 1.02. The smallest absolute Gasteiger partial charge is 0.191 e. The lowest BCUT2D eigenvalue weighted by molar-refractivity contribution is 0.276. The van der Waals surface area contributed by atoms with E-state index < -0.39 is 19.3 Å². The van der Waals surface area contributed by atoms with E-state index in [1.54, 1.807) is 11.3 Å². The molecule has 1 aromatic heterocycles. The minimum atomic E-state index is -1.64. The summed E-state index contributed by atoms with van der Waals surface area (Å²) in [5, 5.41) is 3.41. The lowest BCUT2D eigenvalue weighted by Crippen LogP contribution is -2.40. The highest BCUT2D eigenvalue weighted by Crippen LogP contribution is 2.36. The molecule has 0 aromatic carbocycles. The zero-order valence-corrected chi connectivity index (χ0v) is 21.4. The topological polar surface area (TPSA) is 51.2 Å². The predicted octanol–water partition coefficient (Wildman–Crippen LogP) is 6.13. The average molecular weight is 433 g/mol. The van der Waals surface area contributed by atoms with Gasteiger partial charge in [0.05, 0.1) is 32.5 Å². The van der Waals surface area contributed by atoms with Crippen LogP contribution in [0.15, 0.2) is 5.38 Å². The van der Waals surface area contributed by atoms with E-state index in [0.29, 0.717) is 0 Å². The van der Waals surface area contributed by atoms with Crippen LogP contribution in [0.4, 0.5) is 0 Å². The Kier molecular flexibility index (Phi) is 9.33. The van der Waals surface area contributed by atoms with Crippen molar-refractivity contribution >= 4 is 30.6 Å². The van der Waals surface area contributed by atoms with Gasteiger partial charge in [-0.3, -0.25) is 0 Å². The zero-order chi connectivity index (χ0) is 20.9. The van der Waals surface area contributed by atoms with Gasteiger partial charge in [-0.1, -0.05) is 33.6 Å². The van der Waals surface area contributed by atoms with Gasteiger partial charge in [-0.05, 0) is 58.7 Å².